The van der Waals surface area contributed by atoms with Crippen molar-refractivity contribution in [2.75, 3.05) is 40.0 Å². The molecule has 4 rings (SSSR count). The van der Waals surface area contributed by atoms with Crippen molar-refractivity contribution in [2.24, 2.45) is 7.05 Å². The van der Waals surface area contributed by atoms with Crippen molar-refractivity contribution in [2.45, 2.75) is 6.04 Å². The Morgan fingerprint density at radius 3 is 2.57 bits per heavy atom. The average molecular weight is 409 g/mol. The summed E-state index contributed by atoms with van der Waals surface area (Å²) in [5.74, 6) is 1.42. The van der Waals surface area contributed by atoms with Crippen molar-refractivity contribution in [1.29, 1.82) is 0 Å². The van der Waals surface area contributed by atoms with Crippen LogP contribution in [0.4, 0.5) is 0 Å². The van der Waals surface area contributed by atoms with Gasteiger partial charge < -0.3 is 19.4 Å². The molecular formula is C22H27N5O3. The number of benzene rings is 1. The molecule has 1 N–H and O–H groups in total. The lowest BCUT2D eigenvalue weighted by atomic mass is 10.0. The van der Waals surface area contributed by atoms with Crippen LogP contribution < -0.4 is 10.1 Å². The highest BCUT2D eigenvalue weighted by Crippen LogP contribution is 2.24. The number of nitrogens with zero attached hydrogens (tertiary/aromatic N) is 4. The highest BCUT2D eigenvalue weighted by Gasteiger charge is 2.25. The molecule has 0 bridgehead atoms. The second kappa shape index (κ2) is 9.15. The van der Waals surface area contributed by atoms with E-state index in [1.54, 1.807) is 18.0 Å². The number of morpholine rings is 1. The van der Waals surface area contributed by atoms with Gasteiger partial charge in [-0.05, 0) is 29.8 Å². The summed E-state index contributed by atoms with van der Waals surface area (Å²) in [5, 5.41) is 7.40. The third-order valence-corrected chi connectivity index (χ3v) is 5.44. The maximum Gasteiger partial charge on any atom is 0.256 e. The zero-order chi connectivity index (χ0) is 20.9. The van der Waals surface area contributed by atoms with Gasteiger partial charge in [0, 0.05) is 39.1 Å². The van der Waals surface area contributed by atoms with Crippen LogP contribution in [0.3, 0.4) is 0 Å². The van der Waals surface area contributed by atoms with E-state index in [2.05, 4.69) is 27.4 Å². The molecule has 8 nitrogen and oxygen atoms in total. The molecule has 158 valence electrons. The van der Waals surface area contributed by atoms with Gasteiger partial charge in [0.05, 0.1) is 32.6 Å². The summed E-state index contributed by atoms with van der Waals surface area (Å²) in [6.07, 6.45) is 5.42. The van der Waals surface area contributed by atoms with Gasteiger partial charge >= 0.3 is 0 Å². The summed E-state index contributed by atoms with van der Waals surface area (Å²) in [5.41, 5.74) is 1.68. The SMILES string of the molecule is COc1ccc(C(CNC(=O)c2cnn(C)c2-n2cccc2)N2CCOCC2)cc1. The first-order chi connectivity index (χ1) is 14.7. The van der Waals surface area contributed by atoms with E-state index in [9.17, 15) is 4.79 Å². The minimum absolute atomic E-state index is 0.0513. The molecule has 2 aromatic heterocycles. The lowest BCUT2D eigenvalue weighted by Crippen LogP contribution is -2.43. The molecule has 30 heavy (non-hydrogen) atoms. The van der Waals surface area contributed by atoms with Gasteiger partial charge in [0.1, 0.15) is 17.1 Å². The lowest BCUT2D eigenvalue weighted by molar-refractivity contribution is 0.0162. The van der Waals surface area contributed by atoms with Gasteiger partial charge in [-0.3, -0.25) is 14.4 Å². The molecule has 1 aliphatic rings. The number of methoxy groups -OCH3 is 1. The third kappa shape index (κ3) is 4.24. The van der Waals surface area contributed by atoms with E-state index in [4.69, 9.17) is 9.47 Å². The van der Waals surface area contributed by atoms with Crippen molar-refractivity contribution in [1.82, 2.24) is 24.6 Å². The quantitative estimate of drug-likeness (QED) is 0.646. The summed E-state index contributed by atoms with van der Waals surface area (Å²) < 4.78 is 14.4. The fourth-order valence-electron chi connectivity index (χ4n) is 3.83. The fraction of sp³-hybridized carbons (Fsp3) is 0.364. The normalized spacial score (nSPS) is 15.7. The second-order valence-electron chi connectivity index (χ2n) is 7.24. The Kier molecular flexibility index (Phi) is 6.15. The Hall–Kier alpha value is -3.10. The predicted molar refractivity (Wildman–Crippen MR) is 113 cm³/mol. The number of nitrogens with one attached hydrogen (secondary N) is 1. The third-order valence-electron chi connectivity index (χ3n) is 5.44. The number of aromatic nitrogens is 3. The molecule has 0 saturated carbocycles. The standard InChI is InChI=1S/C22H27N5O3/c1-25-22(27-9-3-4-10-27)19(15-24-25)21(28)23-16-20(26-11-13-30-14-12-26)17-5-7-18(29-2)8-6-17/h3-10,15,20H,11-14,16H2,1-2H3,(H,23,28). The monoisotopic (exact) mass is 409 g/mol. The van der Waals surface area contributed by atoms with Crippen molar-refractivity contribution in [3.8, 4) is 11.6 Å². The maximum absolute atomic E-state index is 13.1. The van der Waals surface area contributed by atoms with E-state index in [1.165, 1.54) is 0 Å². The predicted octanol–water partition coefficient (Wildman–Crippen LogP) is 2.02. The maximum atomic E-state index is 13.1. The van der Waals surface area contributed by atoms with E-state index >= 15 is 0 Å². The van der Waals surface area contributed by atoms with Crippen LogP contribution in [0.1, 0.15) is 22.0 Å². The van der Waals surface area contributed by atoms with E-state index < -0.39 is 0 Å². The number of aryl methyl sites for hydroxylation is 1. The van der Waals surface area contributed by atoms with Crippen molar-refractivity contribution >= 4 is 5.91 Å². The number of hydrogen-bond donors (Lipinski definition) is 1. The molecule has 1 aliphatic heterocycles. The first-order valence-electron chi connectivity index (χ1n) is 10.1. The fourth-order valence-corrected chi connectivity index (χ4v) is 3.83. The van der Waals surface area contributed by atoms with Crippen LogP contribution in [0, 0.1) is 0 Å². The average Bonchev–Trinajstić information content (AvgIpc) is 3.44. The lowest BCUT2D eigenvalue weighted by Gasteiger charge is -2.35. The van der Waals surface area contributed by atoms with Crippen molar-refractivity contribution < 1.29 is 14.3 Å². The summed E-state index contributed by atoms with van der Waals surface area (Å²) in [7, 11) is 3.49. The topological polar surface area (TPSA) is 73.5 Å². The Morgan fingerprint density at radius 2 is 1.90 bits per heavy atom. The number of carbonyl (C=O) groups excluding carboxylic acids is 1. The van der Waals surface area contributed by atoms with Gasteiger partial charge in [-0.15, -0.1) is 0 Å². The zero-order valence-corrected chi connectivity index (χ0v) is 17.3. The van der Waals surface area contributed by atoms with Crippen LogP contribution >= 0.6 is 0 Å². The largest absolute Gasteiger partial charge is 0.497 e. The van der Waals surface area contributed by atoms with Crippen LogP contribution in [0.15, 0.2) is 55.0 Å². The van der Waals surface area contributed by atoms with Crippen molar-refractivity contribution in [3.63, 3.8) is 0 Å². The number of amides is 1. The molecule has 8 heteroatoms. The smallest absolute Gasteiger partial charge is 0.256 e. The first kappa shape index (κ1) is 20.2. The summed E-state index contributed by atoms with van der Waals surface area (Å²) in [6, 6.07) is 11.9. The molecular weight excluding hydrogens is 382 g/mol. The van der Waals surface area contributed by atoms with E-state index in [0.717, 1.165) is 30.2 Å². The number of rotatable bonds is 7. The van der Waals surface area contributed by atoms with Crippen LogP contribution in [0.25, 0.3) is 5.82 Å². The van der Waals surface area contributed by atoms with E-state index in [1.807, 2.05) is 48.3 Å². The highest BCUT2D eigenvalue weighted by atomic mass is 16.5. The molecule has 1 saturated heterocycles. The van der Waals surface area contributed by atoms with Crippen LogP contribution in [0.2, 0.25) is 0 Å². The molecule has 1 fully saturated rings. The first-order valence-corrected chi connectivity index (χ1v) is 10.1. The van der Waals surface area contributed by atoms with E-state index in [-0.39, 0.29) is 11.9 Å². The van der Waals surface area contributed by atoms with Gasteiger partial charge in [-0.2, -0.15) is 5.10 Å². The summed E-state index contributed by atoms with van der Waals surface area (Å²) in [4.78, 5) is 15.4. The molecule has 1 atom stereocenters. The number of hydrogen-bond acceptors (Lipinski definition) is 5. The van der Waals surface area contributed by atoms with Crippen LogP contribution in [0.5, 0.6) is 5.75 Å². The molecule has 1 amide bonds. The van der Waals surface area contributed by atoms with Gasteiger partial charge in [-0.1, -0.05) is 12.1 Å². The Bertz CT molecular complexity index is 959. The summed E-state index contributed by atoms with van der Waals surface area (Å²) in [6.45, 7) is 3.54. The Morgan fingerprint density at radius 1 is 1.20 bits per heavy atom. The summed E-state index contributed by atoms with van der Waals surface area (Å²) >= 11 is 0. The molecule has 3 aromatic rings. The van der Waals surface area contributed by atoms with E-state index in [0.29, 0.717) is 25.3 Å². The molecule has 0 spiro atoms. The van der Waals surface area contributed by atoms with Crippen LogP contribution in [-0.4, -0.2) is 65.1 Å². The van der Waals surface area contributed by atoms with Gasteiger partial charge in [0.2, 0.25) is 0 Å². The number of ether oxygens (including phenoxy) is 2. The number of carbonyl (C=O) groups is 1. The molecule has 1 unspecified atom stereocenters. The van der Waals surface area contributed by atoms with Gasteiger partial charge in [0.25, 0.3) is 5.91 Å². The van der Waals surface area contributed by atoms with Gasteiger partial charge in [-0.25, -0.2) is 0 Å². The zero-order valence-electron chi connectivity index (χ0n) is 17.3. The second-order valence-corrected chi connectivity index (χ2v) is 7.24. The van der Waals surface area contributed by atoms with Crippen LogP contribution in [-0.2, 0) is 11.8 Å². The Labute approximate surface area is 176 Å². The highest BCUT2D eigenvalue weighted by molar-refractivity contribution is 5.97. The minimum atomic E-state index is -0.140. The van der Waals surface area contributed by atoms with Crippen molar-refractivity contribution in [3.05, 3.63) is 66.1 Å². The van der Waals surface area contributed by atoms with Gasteiger partial charge in [0.15, 0.2) is 0 Å². The Balaban J connectivity index is 1.53. The minimum Gasteiger partial charge on any atom is -0.497 e. The molecule has 1 aromatic carbocycles. The molecule has 3 heterocycles. The molecule has 0 aliphatic carbocycles. The molecule has 0 radical (unpaired) electrons.